The second kappa shape index (κ2) is 4.61. The van der Waals surface area contributed by atoms with Gasteiger partial charge in [0, 0.05) is 5.57 Å². The van der Waals surface area contributed by atoms with E-state index in [4.69, 9.17) is 0 Å². The molecule has 1 heteroatoms. The maximum Gasteiger partial charge on any atom is 0.170 e. The van der Waals surface area contributed by atoms with Crippen molar-refractivity contribution < 1.29 is 4.79 Å². The number of hydrogen-bond acceptors (Lipinski definition) is 1. The molecule has 0 saturated heterocycles. The third-order valence-electron chi connectivity index (χ3n) is 3.43. The molecule has 0 saturated carbocycles. The van der Waals surface area contributed by atoms with Crippen molar-refractivity contribution in [1.82, 2.24) is 0 Å². The Labute approximate surface area is 107 Å². The first kappa shape index (κ1) is 11.0. The first-order chi connectivity index (χ1) is 8.86. The van der Waals surface area contributed by atoms with Crippen molar-refractivity contribution in [3.05, 3.63) is 77.9 Å². The minimum atomic E-state index is 0.00130. The molecule has 1 aliphatic carbocycles. The Morgan fingerprint density at radius 3 is 2.11 bits per heavy atom. The Hall–Kier alpha value is -2.15. The summed E-state index contributed by atoms with van der Waals surface area (Å²) < 4.78 is 0. The van der Waals surface area contributed by atoms with Crippen LogP contribution in [0.1, 0.15) is 23.5 Å². The monoisotopic (exact) mass is 234 g/mol. The third kappa shape index (κ3) is 1.88. The van der Waals surface area contributed by atoms with E-state index in [-0.39, 0.29) is 11.7 Å². The van der Waals surface area contributed by atoms with Crippen LogP contribution in [0.4, 0.5) is 0 Å². The molecule has 0 aliphatic heterocycles. The molecule has 0 bridgehead atoms. The molecule has 0 radical (unpaired) electrons. The molecule has 0 fully saturated rings. The average Bonchev–Trinajstić information content (AvgIpc) is 2.83. The lowest BCUT2D eigenvalue weighted by Crippen LogP contribution is -2.07. The lowest BCUT2D eigenvalue weighted by Gasteiger charge is -2.09. The summed E-state index contributed by atoms with van der Waals surface area (Å²) in [5.74, 6) is 0.244. The van der Waals surface area contributed by atoms with Crippen LogP contribution in [-0.4, -0.2) is 5.78 Å². The van der Waals surface area contributed by atoms with Gasteiger partial charge >= 0.3 is 0 Å². The van der Waals surface area contributed by atoms with Crippen LogP contribution < -0.4 is 0 Å². The molecule has 1 atom stereocenters. The Balaban J connectivity index is 1.89. The zero-order chi connectivity index (χ0) is 12.4. The standard InChI is InChI=1S/C17H14O/c18-17-15(13-7-3-1-4-8-13)11-12-16(17)14-9-5-2-6-10-14/h1-11,16H,12H2. The molecule has 0 N–H and O–H groups in total. The molecule has 0 amide bonds. The van der Waals surface area contributed by atoms with E-state index in [0.717, 1.165) is 23.1 Å². The third-order valence-corrected chi connectivity index (χ3v) is 3.43. The van der Waals surface area contributed by atoms with Crippen LogP contribution in [0.25, 0.3) is 5.57 Å². The highest BCUT2D eigenvalue weighted by Gasteiger charge is 2.28. The lowest BCUT2D eigenvalue weighted by molar-refractivity contribution is -0.114. The fourth-order valence-corrected chi connectivity index (χ4v) is 2.48. The van der Waals surface area contributed by atoms with E-state index in [1.54, 1.807) is 0 Å². The molecule has 2 aromatic rings. The van der Waals surface area contributed by atoms with Crippen molar-refractivity contribution in [3.8, 4) is 0 Å². The fraction of sp³-hybridized carbons (Fsp3) is 0.118. The Morgan fingerprint density at radius 2 is 1.44 bits per heavy atom. The summed E-state index contributed by atoms with van der Waals surface area (Å²) in [6.45, 7) is 0. The van der Waals surface area contributed by atoms with E-state index in [9.17, 15) is 4.79 Å². The van der Waals surface area contributed by atoms with Crippen molar-refractivity contribution in [3.63, 3.8) is 0 Å². The van der Waals surface area contributed by atoms with Gasteiger partial charge in [0.05, 0.1) is 5.92 Å². The fourth-order valence-electron chi connectivity index (χ4n) is 2.48. The zero-order valence-corrected chi connectivity index (χ0v) is 10.0. The molecular weight excluding hydrogens is 220 g/mol. The van der Waals surface area contributed by atoms with Gasteiger partial charge in [-0.15, -0.1) is 0 Å². The summed E-state index contributed by atoms with van der Waals surface area (Å²) in [5.41, 5.74) is 3.01. The normalized spacial score (nSPS) is 18.8. The summed E-state index contributed by atoms with van der Waals surface area (Å²) in [5, 5.41) is 0. The minimum Gasteiger partial charge on any atom is -0.293 e. The van der Waals surface area contributed by atoms with Crippen molar-refractivity contribution in [2.45, 2.75) is 12.3 Å². The summed E-state index contributed by atoms with van der Waals surface area (Å²) in [4.78, 5) is 12.4. The highest BCUT2D eigenvalue weighted by molar-refractivity contribution is 6.25. The Bertz CT molecular complexity index is 582. The Kier molecular flexibility index (Phi) is 2.81. The maximum atomic E-state index is 12.4. The first-order valence-corrected chi connectivity index (χ1v) is 6.21. The van der Waals surface area contributed by atoms with Crippen LogP contribution in [0.15, 0.2) is 66.7 Å². The number of hydrogen-bond donors (Lipinski definition) is 0. The van der Waals surface area contributed by atoms with Crippen molar-refractivity contribution in [2.24, 2.45) is 0 Å². The van der Waals surface area contributed by atoms with Gasteiger partial charge in [-0.2, -0.15) is 0 Å². The van der Waals surface area contributed by atoms with Crippen molar-refractivity contribution >= 4 is 11.4 Å². The lowest BCUT2D eigenvalue weighted by atomic mass is 9.93. The largest absolute Gasteiger partial charge is 0.293 e. The van der Waals surface area contributed by atoms with E-state index >= 15 is 0 Å². The molecule has 1 unspecified atom stereocenters. The molecule has 88 valence electrons. The molecule has 0 spiro atoms. The van der Waals surface area contributed by atoms with E-state index in [1.807, 2.05) is 60.7 Å². The van der Waals surface area contributed by atoms with Crippen LogP contribution in [-0.2, 0) is 4.79 Å². The topological polar surface area (TPSA) is 17.1 Å². The number of ketones is 1. The van der Waals surface area contributed by atoms with E-state index in [2.05, 4.69) is 6.08 Å². The van der Waals surface area contributed by atoms with Crippen LogP contribution in [0.2, 0.25) is 0 Å². The molecule has 1 nitrogen and oxygen atoms in total. The van der Waals surface area contributed by atoms with Gasteiger partial charge in [0.1, 0.15) is 0 Å². The van der Waals surface area contributed by atoms with Gasteiger partial charge in [0.25, 0.3) is 0 Å². The van der Waals surface area contributed by atoms with Crippen LogP contribution in [0.5, 0.6) is 0 Å². The van der Waals surface area contributed by atoms with Crippen LogP contribution >= 0.6 is 0 Å². The second-order valence-corrected chi connectivity index (χ2v) is 4.55. The Morgan fingerprint density at radius 1 is 0.833 bits per heavy atom. The smallest absolute Gasteiger partial charge is 0.170 e. The maximum absolute atomic E-state index is 12.4. The van der Waals surface area contributed by atoms with E-state index in [1.165, 1.54) is 0 Å². The average molecular weight is 234 g/mol. The number of benzene rings is 2. The zero-order valence-electron chi connectivity index (χ0n) is 10.0. The second-order valence-electron chi connectivity index (χ2n) is 4.55. The van der Waals surface area contributed by atoms with Gasteiger partial charge in [0.2, 0.25) is 0 Å². The summed E-state index contributed by atoms with van der Waals surface area (Å²) in [6.07, 6.45) is 2.88. The van der Waals surface area contributed by atoms with E-state index < -0.39 is 0 Å². The summed E-state index contributed by atoms with van der Waals surface area (Å²) in [6, 6.07) is 19.9. The van der Waals surface area contributed by atoms with Gasteiger partial charge in [-0.3, -0.25) is 4.79 Å². The molecule has 0 aromatic heterocycles. The molecule has 2 aromatic carbocycles. The van der Waals surface area contributed by atoms with Gasteiger partial charge < -0.3 is 0 Å². The van der Waals surface area contributed by atoms with Gasteiger partial charge in [-0.25, -0.2) is 0 Å². The van der Waals surface area contributed by atoms with Crippen LogP contribution in [0, 0.1) is 0 Å². The highest BCUT2D eigenvalue weighted by atomic mass is 16.1. The van der Waals surface area contributed by atoms with Crippen molar-refractivity contribution in [1.29, 1.82) is 0 Å². The number of carbonyl (C=O) groups excluding carboxylic acids is 1. The predicted octanol–water partition coefficient (Wildman–Crippen LogP) is 3.83. The van der Waals surface area contributed by atoms with Crippen LogP contribution in [0.3, 0.4) is 0 Å². The number of rotatable bonds is 2. The highest BCUT2D eigenvalue weighted by Crippen LogP contribution is 2.35. The minimum absolute atomic E-state index is 0.00130. The van der Waals surface area contributed by atoms with E-state index in [0.29, 0.717) is 0 Å². The molecular formula is C17H14O. The molecule has 1 aliphatic rings. The number of allylic oxidation sites excluding steroid dienone is 2. The quantitative estimate of drug-likeness (QED) is 0.771. The molecule has 0 heterocycles. The first-order valence-electron chi connectivity index (χ1n) is 6.21. The van der Waals surface area contributed by atoms with Crippen molar-refractivity contribution in [2.75, 3.05) is 0 Å². The van der Waals surface area contributed by atoms with Gasteiger partial charge in [-0.05, 0) is 17.5 Å². The SMILES string of the molecule is O=C1C(c2ccccc2)=CCC1c1ccccc1. The predicted molar refractivity (Wildman–Crippen MR) is 73.2 cm³/mol. The summed E-state index contributed by atoms with van der Waals surface area (Å²) in [7, 11) is 0. The van der Waals surface area contributed by atoms with Gasteiger partial charge in [0.15, 0.2) is 5.78 Å². The number of carbonyl (C=O) groups is 1. The molecule has 18 heavy (non-hydrogen) atoms. The number of Topliss-reactive ketones (excluding diaryl/α,β-unsaturated/α-hetero) is 1. The van der Waals surface area contributed by atoms with Gasteiger partial charge in [-0.1, -0.05) is 66.7 Å². The molecule has 3 rings (SSSR count). The summed E-state index contributed by atoms with van der Waals surface area (Å²) >= 11 is 0.